The summed E-state index contributed by atoms with van der Waals surface area (Å²) < 4.78 is 10.3. The van der Waals surface area contributed by atoms with Crippen LogP contribution in [0.3, 0.4) is 0 Å². The van der Waals surface area contributed by atoms with Crippen LogP contribution in [0.1, 0.15) is 70.8 Å². The quantitative estimate of drug-likeness (QED) is 0.0814. The minimum atomic E-state index is -1.83. The van der Waals surface area contributed by atoms with Crippen LogP contribution in [0.4, 0.5) is 0 Å². The van der Waals surface area contributed by atoms with Gasteiger partial charge in [0.25, 0.3) is 0 Å². The van der Waals surface area contributed by atoms with Crippen LogP contribution in [0.5, 0.6) is 0 Å². The molecule has 1 aromatic carbocycles. The normalized spacial score (nSPS) is 21.6. The van der Waals surface area contributed by atoms with Crippen LogP contribution in [0, 0.1) is 0 Å². The summed E-state index contributed by atoms with van der Waals surface area (Å²) in [6, 6.07) is 5.96. The zero-order valence-corrected chi connectivity index (χ0v) is 30.5. The maximum absolute atomic E-state index is 13.9. The van der Waals surface area contributed by atoms with Gasteiger partial charge in [0.15, 0.2) is 6.29 Å². The van der Waals surface area contributed by atoms with E-state index in [0.717, 1.165) is 37.0 Å². The number of rotatable bonds is 23. The third-order valence-electron chi connectivity index (χ3n) is 8.22. The third kappa shape index (κ3) is 16.5. The lowest BCUT2D eigenvalue weighted by molar-refractivity contribution is -0.272. The van der Waals surface area contributed by atoms with Crippen molar-refractivity contribution in [2.45, 2.75) is 108 Å². The second kappa shape index (κ2) is 26.6. The first-order valence-electron chi connectivity index (χ1n) is 18.2. The van der Waals surface area contributed by atoms with Crippen molar-refractivity contribution in [3.8, 4) is 0 Å². The van der Waals surface area contributed by atoms with Gasteiger partial charge in [0, 0.05) is 12.8 Å². The Morgan fingerprint density at radius 1 is 0.808 bits per heavy atom. The van der Waals surface area contributed by atoms with E-state index in [4.69, 9.17) is 9.47 Å². The number of benzene rings is 1. The van der Waals surface area contributed by atoms with Crippen molar-refractivity contribution in [3.05, 3.63) is 109 Å². The van der Waals surface area contributed by atoms with Crippen molar-refractivity contribution >= 4 is 17.8 Å². The number of aliphatic hydroxyl groups is 4. The van der Waals surface area contributed by atoms with Crippen LogP contribution in [-0.4, -0.2) is 99.6 Å². The Morgan fingerprint density at radius 2 is 1.35 bits per heavy atom. The van der Waals surface area contributed by atoms with E-state index in [0.29, 0.717) is 18.4 Å². The van der Waals surface area contributed by atoms with Gasteiger partial charge >= 0.3 is 5.97 Å². The highest BCUT2D eigenvalue weighted by molar-refractivity contribution is 5.90. The van der Waals surface area contributed by atoms with Gasteiger partial charge in [-0.2, -0.15) is 0 Å². The van der Waals surface area contributed by atoms with E-state index in [1.807, 2.05) is 18.2 Å². The fourth-order valence-electron chi connectivity index (χ4n) is 5.55. The van der Waals surface area contributed by atoms with E-state index in [-0.39, 0.29) is 19.4 Å². The molecule has 0 radical (unpaired) electrons. The Kier molecular flexibility index (Phi) is 22.5. The van der Waals surface area contributed by atoms with E-state index >= 15 is 0 Å². The van der Waals surface area contributed by atoms with Crippen LogP contribution >= 0.6 is 0 Å². The molecule has 2 rings (SSSR count). The van der Waals surface area contributed by atoms with Crippen LogP contribution < -0.4 is 5.32 Å². The Bertz CT molecular complexity index is 1350. The average Bonchev–Trinajstić information content (AvgIpc) is 3.14. The molecule has 1 heterocycles. The first-order chi connectivity index (χ1) is 25.2. The number of hydrogen-bond donors (Lipinski definition) is 5. The molecule has 0 aliphatic carbocycles. The van der Waals surface area contributed by atoms with Crippen molar-refractivity contribution in [3.63, 3.8) is 0 Å². The molecule has 1 fully saturated rings. The van der Waals surface area contributed by atoms with Gasteiger partial charge in [-0.05, 0) is 57.4 Å². The SMILES string of the molecule is CC/C=C\C/C=C\C/C=C\C/C=C\C/C=C\C/C=C\CCC(=O)N([C@@H](Cc1ccccc1)C(=O)NCC(=O)OCC)[C@H]1C(O)O[C@H](CO)[C@@H](O)[C@@H]1O. The summed E-state index contributed by atoms with van der Waals surface area (Å²) in [5, 5.41) is 44.8. The maximum Gasteiger partial charge on any atom is 0.325 e. The van der Waals surface area contributed by atoms with Gasteiger partial charge in [-0.15, -0.1) is 0 Å². The van der Waals surface area contributed by atoms with Crippen molar-refractivity contribution in [1.82, 2.24) is 10.2 Å². The molecule has 5 N–H and O–H groups in total. The molecule has 286 valence electrons. The number of nitrogens with one attached hydrogen (secondary N) is 1. The van der Waals surface area contributed by atoms with E-state index in [9.17, 15) is 34.8 Å². The molecule has 0 saturated carbocycles. The fourth-order valence-corrected chi connectivity index (χ4v) is 5.55. The molecular weight excluding hydrogens is 664 g/mol. The highest BCUT2D eigenvalue weighted by atomic mass is 16.6. The van der Waals surface area contributed by atoms with Gasteiger partial charge in [-0.1, -0.05) is 110 Å². The lowest BCUT2D eigenvalue weighted by Gasteiger charge is -2.47. The van der Waals surface area contributed by atoms with Crippen LogP contribution in [0.15, 0.2) is 103 Å². The smallest absolute Gasteiger partial charge is 0.325 e. The highest BCUT2D eigenvalue weighted by Crippen LogP contribution is 2.28. The minimum absolute atomic E-state index is 0.0311. The molecule has 0 bridgehead atoms. The monoisotopic (exact) mass is 722 g/mol. The summed E-state index contributed by atoms with van der Waals surface area (Å²) in [5.41, 5.74) is 0.669. The summed E-state index contributed by atoms with van der Waals surface area (Å²) >= 11 is 0. The van der Waals surface area contributed by atoms with Crippen LogP contribution in [-0.2, 0) is 30.3 Å². The lowest BCUT2D eigenvalue weighted by Crippen LogP contribution is -2.68. The fraction of sp³-hybridized carbons (Fsp3) is 0.488. The van der Waals surface area contributed by atoms with Gasteiger partial charge in [-0.25, -0.2) is 0 Å². The summed E-state index contributed by atoms with van der Waals surface area (Å²) in [6.07, 6.45) is 24.0. The zero-order chi connectivity index (χ0) is 38.0. The van der Waals surface area contributed by atoms with E-state index < -0.39 is 67.6 Å². The number of hydrogen-bond acceptors (Lipinski definition) is 9. The standard InChI is InChI=1S/C41H58N2O9/c1-3-5-6-7-8-9-10-11-12-13-14-15-16-17-18-19-20-21-25-28-35(45)43(37-39(48)38(47)34(31-44)52-41(37)50)33(29-32-26-23-22-24-27-32)40(49)42-30-36(46)51-4-2/h5-6,8-9,11-12,14-15,17-18,20-24,26-27,33-34,37-39,41,44,47-48,50H,3-4,7,10,13,16,19,25,28-31H2,1-2H3,(H,42,49)/b6-5-,9-8-,12-11-,15-14-,18-17-,21-20-/t33-,34+,37+,38+,39+,41?/m0/s1. The number of carbonyl (C=O) groups is 3. The Hall–Kier alpha value is -4.13. The van der Waals surface area contributed by atoms with Gasteiger partial charge in [0.1, 0.15) is 36.9 Å². The van der Waals surface area contributed by atoms with Crippen molar-refractivity contribution in [1.29, 1.82) is 0 Å². The first kappa shape index (κ1) is 44.0. The van der Waals surface area contributed by atoms with Gasteiger partial charge in [-0.3, -0.25) is 14.4 Å². The first-order valence-corrected chi connectivity index (χ1v) is 18.2. The second-order valence-corrected chi connectivity index (χ2v) is 12.2. The molecular formula is C41H58N2O9. The number of allylic oxidation sites excluding steroid dienone is 12. The molecule has 0 spiro atoms. The average molecular weight is 723 g/mol. The third-order valence-corrected chi connectivity index (χ3v) is 8.22. The Balaban J connectivity index is 2.06. The van der Waals surface area contributed by atoms with E-state index in [1.165, 1.54) is 0 Å². The van der Waals surface area contributed by atoms with E-state index in [2.05, 4.69) is 66.9 Å². The molecule has 6 atom stereocenters. The van der Waals surface area contributed by atoms with Crippen molar-refractivity contribution in [2.24, 2.45) is 0 Å². The highest BCUT2D eigenvalue weighted by Gasteiger charge is 2.50. The number of esters is 1. The number of nitrogens with zero attached hydrogens (tertiary/aromatic N) is 1. The summed E-state index contributed by atoms with van der Waals surface area (Å²) in [6.45, 7) is 2.72. The van der Waals surface area contributed by atoms with Gasteiger partial charge < -0.3 is 40.1 Å². The van der Waals surface area contributed by atoms with E-state index in [1.54, 1.807) is 37.3 Å². The van der Waals surface area contributed by atoms with Crippen LogP contribution in [0.25, 0.3) is 0 Å². The molecule has 2 amide bonds. The number of ether oxygens (including phenoxy) is 2. The molecule has 11 heteroatoms. The predicted octanol–water partition coefficient (Wildman–Crippen LogP) is 4.38. The largest absolute Gasteiger partial charge is 0.465 e. The summed E-state index contributed by atoms with van der Waals surface area (Å²) in [5.74, 6) is -1.99. The maximum atomic E-state index is 13.9. The number of carbonyl (C=O) groups excluding carboxylic acids is 3. The lowest BCUT2D eigenvalue weighted by atomic mass is 9.92. The topological polar surface area (TPSA) is 166 Å². The number of amides is 2. The molecule has 1 unspecified atom stereocenters. The molecule has 1 aromatic rings. The van der Waals surface area contributed by atoms with Crippen molar-refractivity contribution < 1.29 is 44.3 Å². The molecule has 1 aliphatic heterocycles. The Labute approximate surface area is 308 Å². The van der Waals surface area contributed by atoms with Crippen LogP contribution in [0.2, 0.25) is 0 Å². The number of aliphatic hydroxyl groups excluding tert-OH is 4. The minimum Gasteiger partial charge on any atom is -0.465 e. The van der Waals surface area contributed by atoms with Crippen molar-refractivity contribution in [2.75, 3.05) is 19.8 Å². The second-order valence-electron chi connectivity index (χ2n) is 12.2. The predicted molar refractivity (Wildman–Crippen MR) is 202 cm³/mol. The molecule has 1 aliphatic rings. The zero-order valence-electron chi connectivity index (χ0n) is 30.5. The molecule has 1 saturated heterocycles. The Morgan fingerprint density at radius 3 is 1.87 bits per heavy atom. The summed E-state index contributed by atoms with van der Waals surface area (Å²) in [7, 11) is 0. The van der Waals surface area contributed by atoms with Gasteiger partial charge in [0.05, 0.1) is 13.2 Å². The molecule has 11 nitrogen and oxygen atoms in total. The van der Waals surface area contributed by atoms with Gasteiger partial charge in [0.2, 0.25) is 11.8 Å². The molecule has 0 aromatic heterocycles. The molecule has 52 heavy (non-hydrogen) atoms. The summed E-state index contributed by atoms with van der Waals surface area (Å²) in [4.78, 5) is 40.7.